The fourth-order valence-electron chi connectivity index (χ4n) is 1.62. The standard InChI is InChI=1S/C11H15N3O3S2/c1-8-12-4-10(18-8)5-13-19(16,17)11-3-9(7-15)14(2)6-11/h3-4,6,13,15H,5,7H2,1-2H3. The van der Waals surface area contributed by atoms with E-state index < -0.39 is 10.0 Å². The number of aliphatic hydroxyl groups is 1. The summed E-state index contributed by atoms with van der Waals surface area (Å²) in [5, 5.41) is 9.97. The molecule has 104 valence electrons. The zero-order valence-corrected chi connectivity index (χ0v) is 12.3. The summed E-state index contributed by atoms with van der Waals surface area (Å²) in [6.45, 7) is 1.89. The Balaban J connectivity index is 2.13. The fraction of sp³-hybridized carbons (Fsp3) is 0.364. The molecule has 0 saturated heterocycles. The Morgan fingerprint density at radius 2 is 2.26 bits per heavy atom. The van der Waals surface area contributed by atoms with Crippen molar-refractivity contribution in [2.45, 2.75) is 25.0 Å². The number of hydrogen-bond acceptors (Lipinski definition) is 5. The minimum atomic E-state index is -3.56. The predicted octanol–water partition coefficient (Wildman–Crippen LogP) is 0.761. The van der Waals surface area contributed by atoms with Crippen LogP contribution in [0, 0.1) is 6.92 Å². The van der Waals surface area contributed by atoms with E-state index >= 15 is 0 Å². The van der Waals surface area contributed by atoms with Gasteiger partial charge >= 0.3 is 0 Å². The molecule has 0 bridgehead atoms. The van der Waals surface area contributed by atoms with Crippen LogP contribution in [0.2, 0.25) is 0 Å². The van der Waals surface area contributed by atoms with Crippen molar-refractivity contribution in [3.63, 3.8) is 0 Å². The average molecular weight is 301 g/mol. The van der Waals surface area contributed by atoms with Gasteiger partial charge in [-0.15, -0.1) is 11.3 Å². The largest absolute Gasteiger partial charge is 0.390 e. The molecule has 0 unspecified atom stereocenters. The second kappa shape index (κ2) is 5.41. The van der Waals surface area contributed by atoms with Gasteiger partial charge in [-0.25, -0.2) is 18.1 Å². The van der Waals surface area contributed by atoms with Gasteiger partial charge in [-0.2, -0.15) is 0 Å². The normalized spacial score (nSPS) is 11.9. The van der Waals surface area contributed by atoms with Crippen LogP contribution < -0.4 is 4.72 Å². The molecule has 0 amide bonds. The van der Waals surface area contributed by atoms with Gasteiger partial charge in [-0.3, -0.25) is 0 Å². The molecule has 2 aromatic rings. The molecule has 8 heteroatoms. The summed E-state index contributed by atoms with van der Waals surface area (Å²) in [4.78, 5) is 5.08. The zero-order chi connectivity index (χ0) is 14.0. The maximum Gasteiger partial charge on any atom is 0.242 e. The number of aromatic nitrogens is 2. The molecule has 6 nitrogen and oxygen atoms in total. The van der Waals surface area contributed by atoms with Gasteiger partial charge in [-0.1, -0.05) is 0 Å². The molecule has 0 aliphatic rings. The summed E-state index contributed by atoms with van der Waals surface area (Å²) >= 11 is 1.45. The van der Waals surface area contributed by atoms with Crippen LogP contribution in [-0.4, -0.2) is 23.1 Å². The van der Waals surface area contributed by atoms with E-state index in [0.717, 1.165) is 9.88 Å². The number of thiazole rings is 1. The Kier molecular flexibility index (Phi) is 4.04. The lowest BCUT2D eigenvalue weighted by molar-refractivity contribution is 0.272. The molecule has 0 saturated carbocycles. The topological polar surface area (TPSA) is 84.2 Å². The van der Waals surface area contributed by atoms with Crippen molar-refractivity contribution in [3.8, 4) is 0 Å². The quantitative estimate of drug-likeness (QED) is 0.854. The molecule has 0 spiro atoms. The SMILES string of the molecule is Cc1ncc(CNS(=O)(=O)c2cc(CO)n(C)c2)s1. The molecule has 2 heterocycles. The van der Waals surface area contributed by atoms with E-state index in [9.17, 15) is 8.42 Å². The van der Waals surface area contributed by atoms with Crippen LogP contribution >= 0.6 is 11.3 Å². The van der Waals surface area contributed by atoms with Crippen LogP contribution in [0.15, 0.2) is 23.4 Å². The van der Waals surface area contributed by atoms with Crippen molar-refractivity contribution >= 4 is 21.4 Å². The first-order valence-electron chi connectivity index (χ1n) is 5.59. The van der Waals surface area contributed by atoms with Crippen LogP contribution in [-0.2, 0) is 30.2 Å². The number of nitrogens with zero attached hydrogens (tertiary/aromatic N) is 2. The first kappa shape index (κ1) is 14.2. The second-order valence-corrected chi connectivity index (χ2v) is 7.19. The molecule has 0 aliphatic carbocycles. The summed E-state index contributed by atoms with van der Waals surface area (Å²) in [6.07, 6.45) is 3.14. The Morgan fingerprint density at radius 1 is 1.53 bits per heavy atom. The van der Waals surface area contributed by atoms with E-state index in [2.05, 4.69) is 9.71 Å². The number of aryl methyl sites for hydroxylation is 2. The molecule has 0 fully saturated rings. The van der Waals surface area contributed by atoms with Crippen molar-refractivity contribution in [1.82, 2.24) is 14.3 Å². The number of rotatable bonds is 5. The molecule has 2 rings (SSSR count). The van der Waals surface area contributed by atoms with Gasteiger partial charge in [0, 0.05) is 36.6 Å². The number of sulfonamides is 1. The zero-order valence-electron chi connectivity index (χ0n) is 10.6. The third-order valence-corrected chi connectivity index (χ3v) is 4.94. The molecule has 19 heavy (non-hydrogen) atoms. The van der Waals surface area contributed by atoms with Crippen LogP contribution in [0.5, 0.6) is 0 Å². The maximum atomic E-state index is 12.1. The lowest BCUT2D eigenvalue weighted by Crippen LogP contribution is -2.22. The minimum absolute atomic E-state index is 0.153. The Labute approximate surface area is 115 Å². The van der Waals surface area contributed by atoms with Gasteiger partial charge in [0.1, 0.15) is 0 Å². The third kappa shape index (κ3) is 3.21. The molecule has 2 aromatic heterocycles. The van der Waals surface area contributed by atoms with E-state index in [0.29, 0.717) is 5.69 Å². The first-order chi connectivity index (χ1) is 8.92. The molecule has 0 atom stereocenters. The summed E-state index contributed by atoms with van der Waals surface area (Å²) in [5.74, 6) is 0. The van der Waals surface area contributed by atoms with Crippen molar-refractivity contribution in [2.24, 2.45) is 7.05 Å². The smallest absolute Gasteiger partial charge is 0.242 e. The van der Waals surface area contributed by atoms with Crippen molar-refractivity contribution in [1.29, 1.82) is 0 Å². The molecule has 0 aromatic carbocycles. The number of hydrogen-bond donors (Lipinski definition) is 2. The molecule has 0 radical (unpaired) electrons. The fourth-order valence-corrected chi connectivity index (χ4v) is 3.54. The van der Waals surface area contributed by atoms with E-state index in [1.54, 1.807) is 17.8 Å². The summed E-state index contributed by atoms with van der Waals surface area (Å²) in [6, 6.07) is 1.46. The van der Waals surface area contributed by atoms with E-state index in [4.69, 9.17) is 5.11 Å². The highest BCUT2D eigenvalue weighted by Crippen LogP contribution is 2.15. The summed E-state index contributed by atoms with van der Waals surface area (Å²) in [5.41, 5.74) is 0.550. The van der Waals surface area contributed by atoms with Crippen LogP contribution in [0.3, 0.4) is 0 Å². The lowest BCUT2D eigenvalue weighted by Gasteiger charge is -2.02. The molecular formula is C11H15N3O3S2. The van der Waals surface area contributed by atoms with Gasteiger partial charge in [0.25, 0.3) is 0 Å². The van der Waals surface area contributed by atoms with Gasteiger partial charge in [-0.05, 0) is 13.0 Å². The van der Waals surface area contributed by atoms with E-state index in [1.165, 1.54) is 23.6 Å². The maximum absolute atomic E-state index is 12.1. The third-order valence-electron chi connectivity index (χ3n) is 2.66. The molecular weight excluding hydrogens is 286 g/mol. The van der Waals surface area contributed by atoms with Gasteiger partial charge < -0.3 is 9.67 Å². The van der Waals surface area contributed by atoms with Gasteiger partial charge in [0.15, 0.2) is 0 Å². The van der Waals surface area contributed by atoms with Crippen LogP contribution in [0.4, 0.5) is 0 Å². The van der Waals surface area contributed by atoms with Gasteiger partial charge in [0.05, 0.1) is 16.5 Å². The van der Waals surface area contributed by atoms with E-state index in [1.807, 2.05) is 6.92 Å². The Hall–Kier alpha value is -1.22. The first-order valence-corrected chi connectivity index (χ1v) is 7.89. The highest BCUT2D eigenvalue weighted by Gasteiger charge is 2.17. The summed E-state index contributed by atoms with van der Waals surface area (Å²) in [7, 11) is -1.87. The Bertz CT molecular complexity index is 673. The highest BCUT2D eigenvalue weighted by molar-refractivity contribution is 7.89. The molecule has 2 N–H and O–H groups in total. The average Bonchev–Trinajstić information content (AvgIpc) is 2.93. The minimum Gasteiger partial charge on any atom is -0.390 e. The van der Waals surface area contributed by atoms with Crippen molar-refractivity contribution in [3.05, 3.63) is 34.0 Å². The highest BCUT2D eigenvalue weighted by atomic mass is 32.2. The van der Waals surface area contributed by atoms with E-state index in [-0.39, 0.29) is 18.0 Å². The van der Waals surface area contributed by atoms with Crippen molar-refractivity contribution in [2.75, 3.05) is 0 Å². The Morgan fingerprint density at radius 3 is 2.79 bits per heavy atom. The summed E-state index contributed by atoms with van der Waals surface area (Å²) < 4.78 is 28.2. The lowest BCUT2D eigenvalue weighted by atomic mass is 10.5. The number of nitrogens with one attached hydrogen (secondary N) is 1. The van der Waals surface area contributed by atoms with Crippen LogP contribution in [0.25, 0.3) is 0 Å². The second-order valence-electron chi connectivity index (χ2n) is 4.11. The van der Waals surface area contributed by atoms with Crippen molar-refractivity contribution < 1.29 is 13.5 Å². The van der Waals surface area contributed by atoms with Gasteiger partial charge in [0.2, 0.25) is 10.0 Å². The van der Waals surface area contributed by atoms with Crippen LogP contribution in [0.1, 0.15) is 15.6 Å². The predicted molar refractivity (Wildman–Crippen MR) is 72.2 cm³/mol. The molecule has 0 aliphatic heterocycles. The monoisotopic (exact) mass is 301 g/mol. The number of aliphatic hydroxyl groups excluding tert-OH is 1.